The standard InChI is InChI=1S/C21H27N3O6S/c1-15-6-9-24(10-7-15)31(27,28)19-5-4-8-23(21(19)26)14-20(25)22-16-11-17(29-2)13-18(12-16)30-3/h4-5,8,11-13,15H,6-7,9-10,14H2,1-3H3,(H,22,25). The Labute approximate surface area is 181 Å². The predicted molar refractivity (Wildman–Crippen MR) is 116 cm³/mol. The summed E-state index contributed by atoms with van der Waals surface area (Å²) in [7, 11) is -0.926. The van der Waals surface area contributed by atoms with E-state index in [-0.39, 0.29) is 11.4 Å². The first-order valence-electron chi connectivity index (χ1n) is 9.97. The van der Waals surface area contributed by atoms with Crippen LogP contribution in [0.5, 0.6) is 11.5 Å². The van der Waals surface area contributed by atoms with Crippen LogP contribution in [0, 0.1) is 5.92 Å². The first-order valence-corrected chi connectivity index (χ1v) is 11.4. The van der Waals surface area contributed by atoms with Gasteiger partial charge in [0.2, 0.25) is 15.9 Å². The van der Waals surface area contributed by atoms with Gasteiger partial charge in [0.05, 0.1) is 14.2 Å². The van der Waals surface area contributed by atoms with Crippen molar-refractivity contribution in [3.63, 3.8) is 0 Å². The van der Waals surface area contributed by atoms with Crippen molar-refractivity contribution < 1.29 is 22.7 Å². The molecule has 2 aromatic rings. The van der Waals surface area contributed by atoms with Gasteiger partial charge < -0.3 is 19.4 Å². The number of nitrogens with zero attached hydrogens (tertiary/aromatic N) is 2. The number of sulfonamides is 1. The molecule has 0 atom stereocenters. The minimum Gasteiger partial charge on any atom is -0.497 e. The Bertz CT molecular complexity index is 1080. The quantitative estimate of drug-likeness (QED) is 0.692. The Balaban J connectivity index is 1.79. The minimum absolute atomic E-state index is 0.319. The number of anilines is 1. The van der Waals surface area contributed by atoms with Crippen LogP contribution >= 0.6 is 0 Å². The van der Waals surface area contributed by atoms with E-state index in [9.17, 15) is 18.0 Å². The van der Waals surface area contributed by atoms with Gasteiger partial charge in [-0.1, -0.05) is 6.92 Å². The molecule has 1 amide bonds. The SMILES string of the molecule is COc1cc(NC(=O)Cn2cccc(S(=O)(=O)N3CCC(C)CC3)c2=O)cc(OC)c1. The summed E-state index contributed by atoms with van der Waals surface area (Å²) in [6, 6.07) is 7.64. The molecule has 1 N–H and O–H groups in total. The molecule has 1 fully saturated rings. The number of carbonyl (C=O) groups excluding carboxylic acids is 1. The molecule has 0 aliphatic carbocycles. The smallest absolute Gasteiger partial charge is 0.271 e. The third kappa shape index (κ3) is 5.26. The van der Waals surface area contributed by atoms with E-state index in [0.717, 1.165) is 17.4 Å². The molecule has 1 aliphatic heterocycles. The number of amides is 1. The van der Waals surface area contributed by atoms with E-state index < -0.39 is 21.5 Å². The van der Waals surface area contributed by atoms with Gasteiger partial charge in [0.1, 0.15) is 22.9 Å². The van der Waals surface area contributed by atoms with E-state index >= 15 is 0 Å². The number of methoxy groups -OCH3 is 2. The molecule has 10 heteroatoms. The van der Waals surface area contributed by atoms with E-state index in [1.807, 2.05) is 0 Å². The molecule has 0 unspecified atom stereocenters. The number of rotatable bonds is 7. The highest BCUT2D eigenvalue weighted by Crippen LogP contribution is 2.26. The Morgan fingerprint density at radius 3 is 2.32 bits per heavy atom. The van der Waals surface area contributed by atoms with Crippen molar-refractivity contribution in [2.45, 2.75) is 31.2 Å². The molecule has 1 saturated heterocycles. The lowest BCUT2D eigenvalue weighted by atomic mass is 10.0. The third-order valence-electron chi connectivity index (χ3n) is 5.29. The molecule has 0 radical (unpaired) electrons. The number of hydrogen-bond donors (Lipinski definition) is 1. The molecular formula is C21H27N3O6S. The molecule has 3 rings (SSSR count). The van der Waals surface area contributed by atoms with Gasteiger partial charge in [-0.15, -0.1) is 0 Å². The summed E-state index contributed by atoms with van der Waals surface area (Å²) in [6.07, 6.45) is 2.91. The summed E-state index contributed by atoms with van der Waals surface area (Å²) >= 11 is 0. The normalized spacial score (nSPS) is 15.5. The lowest BCUT2D eigenvalue weighted by Crippen LogP contribution is -2.41. The Morgan fingerprint density at radius 1 is 1.13 bits per heavy atom. The molecule has 1 aromatic carbocycles. The first kappa shape index (κ1) is 22.8. The molecule has 168 valence electrons. The average Bonchev–Trinajstić information content (AvgIpc) is 2.75. The molecule has 0 spiro atoms. The van der Waals surface area contributed by atoms with Crippen LogP contribution in [-0.4, -0.2) is 50.5 Å². The fourth-order valence-corrected chi connectivity index (χ4v) is 4.99. The Hall–Kier alpha value is -2.85. The van der Waals surface area contributed by atoms with Crippen LogP contribution < -0.4 is 20.3 Å². The molecule has 2 heterocycles. The number of carbonyl (C=O) groups is 1. The number of pyridine rings is 1. The number of piperidine rings is 1. The van der Waals surface area contributed by atoms with Crippen molar-refractivity contribution in [2.24, 2.45) is 5.92 Å². The molecule has 0 saturated carbocycles. The number of nitrogens with one attached hydrogen (secondary N) is 1. The fraction of sp³-hybridized carbons (Fsp3) is 0.429. The van der Waals surface area contributed by atoms with E-state index in [4.69, 9.17) is 9.47 Å². The van der Waals surface area contributed by atoms with Gasteiger partial charge in [0, 0.05) is 43.2 Å². The minimum atomic E-state index is -3.92. The molecule has 0 bridgehead atoms. The number of benzene rings is 1. The summed E-state index contributed by atoms with van der Waals surface area (Å²) in [5.41, 5.74) is -0.292. The lowest BCUT2D eigenvalue weighted by Gasteiger charge is -2.29. The van der Waals surface area contributed by atoms with Crippen molar-refractivity contribution in [1.29, 1.82) is 0 Å². The number of ether oxygens (including phenoxy) is 2. The van der Waals surface area contributed by atoms with Crippen LogP contribution in [0.3, 0.4) is 0 Å². The number of aromatic nitrogens is 1. The van der Waals surface area contributed by atoms with Gasteiger partial charge in [-0.25, -0.2) is 8.42 Å². The lowest BCUT2D eigenvalue weighted by molar-refractivity contribution is -0.116. The van der Waals surface area contributed by atoms with E-state index in [1.165, 1.54) is 36.9 Å². The maximum Gasteiger partial charge on any atom is 0.271 e. The second kappa shape index (κ2) is 9.52. The highest BCUT2D eigenvalue weighted by Gasteiger charge is 2.30. The van der Waals surface area contributed by atoms with Crippen molar-refractivity contribution in [1.82, 2.24) is 8.87 Å². The van der Waals surface area contributed by atoms with Gasteiger partial charge in [-0.2, -0.15) is 4.31 Å². The molecule has 1 aliphatic rings. The van der Waals surface area contributed by atoms with E-state index in [2.05, 4.69) is 12.2 Å². The summed E-state index contributed by atoms with van der Waals surface area (Å²) in [6.45, 7) is 2.51. The van der Waals surface area contributed by atoms with Crippen molar-refractivity contribution >= 4 is 21.6 Å². The number of hydrogen-bond acceptors (Lipinski definition) is 6. The predicted octanol–water partition coefficient (Wildman–Crippen LogP) is 1.92. The highest BCUT2D eigenvalue weighted by molar-refractivity contribution is 7.89. The first-order chi connectivity index (χ1) is 14.7. The van der Waals surface area contributed by atoms with Crippen molar-refractivity contribution in [3.8, 4) is 11.5 Å². The van der Waals surface area contributed by atoms with Crippen LogP contribution in [0.25, 0.3) is 0 Å². The maximum absolute atomic E-state index is 13.0. The zero-order valence-corrected chi connectivity index (χ0v) is 18.6. The summed E-state index contributed by atoms with van der Waals surface area (Å²) in [5, 5.41) is 2.67. The second-order valence-electron chi connectivity index (χ2n) is 7.54. The van der Waals surface area contributed by atoms with Gasteiger partial charge in [-0.3, -0.25) is 9.59 Å². The fourth-order valence-electron chi connectivity index (χ4n) is 3.43. The van der Waals surface area contributed by atoms with E-state index in [0.29, 0.717) is 36.2 Å². The van der Waals surface area contributed by atoms with Gasteiger partial charge in [0.25, 0.3) is 5.56 Å². The largest absolute Gasteiger partial charge is 0.497 e. The van der Waals surface area contributed by atoms with Crippen molar-refractivity contribution in [3.05, 3.63) is 46.9 Å². The molecule has 31 heavy (non-hydrogen) atoms. The zero-order valence-electron chi connectivity index (χ0n) is 17.8. The maximum atomic E-state index is 13.0. The van der Waals surface area contributed by atoms with E-state index in [1.54, 1.807) is 18.2 Å². The van der Waals surface area contributed by atoms with Crippen LogP contribution in [0.2, 0.25) is 0 Å². The van der Waals surface area contributed by atoms with Gasteiger partial charge in [0.15, 0.2) is 0 Å². The third-order valence-corrected chi connectivity index (χ3v) is 7.21. The second-order valence-corrected chi connectivity index (χ2v) is 9.45. The summed E-state index contributed by atoms with van der Waals surface area (Å²) < 4.78 is 38.7. The Morgan fingerprint density at radius 2 is 1.74 bits per heavy atom. The average molecular weight is 450 g/mol. The zero-order chi connectivity index (χ0) is 22.6. The Kier molecular flexibility index (Phi) is 7.01. The monoisotopic (exact) mass is 449 g/mol. The van der Waals surface area contributed by atoms with Crippen LogP contribution in [0.15, 0.2) is 46.2 Å². The highest BCUT2D eigenvalue weighted by atomic mass is 32.2. The van der Waals surface area contributed by atoms with Gasteiger partial charge >= 0.3 is 0 Å². The van der Waals surface area contributed by atoms with Crippen LogP contribution in [0.1, 0.15) is 19.8 Å². The summed E-state index contributed by atoms with van der Waals surface area (Å²) in [4.78, 5) is 25.0. The topological polar surface area (TPSA) is 107 Å². The summed E-state index contributed by atoms with van der Waals surface area (Å²) in [5.74, 6) is 0.961. The van der Waals surface area contributed by atoms with Gasteiger partial charge in [-0.05, 0) is 30.9 Å². The van der Waals surface area contributed by atoms with Crippen LogP contribution in [-0.2, 0) is 21.4 Å². The molecule has 1 aromatic heterocycles. The van der Waals surface area contributed by atoms with Crippen LogP contribution in [0.4, 0.5) is 5.69 Å². The molecular weight excluding hydrogens is 422 g/mol. The molecule has 9 nitrogen and oxygen atoms in total. The van der Waals surface area contributed by atoms with Crippen molar-refractivity contribution in [2.75, 3.05) is 32.6 Å².